The molecule has 0 saturated heterocycles. The zero-order valence-electron chi connectivity index (χ0n) is 14.3. The average Bonchev–Trinajstić information content (AvgIpc) is 2.48. The van der Waals surface area contributed by atoms with Crippen molar-refractivity contribution in [2.24, 2.45) is 17.6 Å². The highest BCUT2D eigenvalue weighted by Crippen LogP contribution is 2.45. The Morgan fingerprint density at radius 1 is 1.00 bits per heavy atom. The third-order valence-electron chi connectivity index (χ3n) is 4.03. The lowest BCUT2D eigenvalue weighted by molar-refractivity contribution is -0.164. The van der Waals surface area contributed by atoms with Gasteiger partial charge in [-0.05, 0) is 36.5 Å². The van der Waals surface area contributed by atoms with Crippen LogP contribution in [0.5, 0.6) is 0 Å². The fraction of sp³-hybridized carbons (Fsp3) is 0.562. The van der Waals surface area contributed by atoms with Gasteiger partial charge < -0.3 is 10.8 Å². The lowest BCUT2D eigenvalue weighted by Gasteiger charge is -2.24. The van der Waals surface area contributed by atoms with E-state index in [-0.39, 0.29) is 19.0 Å². The second-order valence-corrected chi connectivity index (χ2v) is 6.37. The molecule has 1 aromatic carbocycles. The predicted molar refractivity (Wildman–Crippen MR) is 79.1 cm³/mol. The minimum atomic E-state index is -5.68. The van der Waals surface area contributed by atoms with Gasteiger partial charge in [-0.15, -0.1) is 0 Å². The van der Waals surface area contributed by atoms with Crippen LogP contribution >= 0.6 is 0 Å². The molecule has 0 aromatic heterocycles. The van der Waals surface area contributed by atoms with Crippen molar-refractivity contribution < 1.29 is 49.4 Å². The van der Waals surface area contributed by atoms with E-state index in [4.69, 9.17) is 10.8 Å². The summed E-state index contributed by atoms with van der Waals surface area (Å²) in [6.45, 7) is 0.835. The molecule has 3 N–H and O–H groups in total. The van der Waals surface area contributed by atoms with Crippen molar-refractivity contribution in [3.63, 3.8) is 0 Å². The van der Waals surface area contributed by atoms with Crippen molar-refractivity contribution in [3.05, 3.63) is 34.4 Å². The summed E-state index contributed by atoms with van der Waals surface area (Å²) in [7, 11) is 0. The Bertz CT molecular complexity index is 708. The fourth-order valence-corrected chi connectivity index (χ4v) is 2.83. The Morgan fingerprint density at radius 2 is 1.54 bits per heavy atom. The third kappa shape index (κ3) is 6.01. The first-order valence-electron chi connectivity index (χ1n) is 7.79. The summed E-state index contributed by atoms with van der Waals surface area (Å²) in [5.41, 5.74) is -2.51. The molecule has 1 aromatic rings. The van der Waals surface area contributed by atoms with Crippen LogP contribution in [0.1, 0.15) is 35.6 Å². The monoisotopic (exact) mass is 425 g/mol. The zero-order valence-corrected chi connectivity index (χ0v) is 14.3. The van der Waals surface area contributed by atoms with Gasteiger partial charge in [0.05, 0.1) is 22.6 Å². The lowest BCUT2D eigenvalue weighted by atomic mass is 9.86. The van der Waals surface area contributed by atoms with Crippen molar-refractivity contribution in [2.75, 3.05) is 6.54 Å². The van der Waals surface area contributed by atoms with E-state index in [1.807, 2.05) is 0 Å². The van der Waals surface area contributed by atoms with Crippen LogP contribution in [0, 0.1) is 11.8 Å². The third-order valence-corrected chi connectivity index (χ3v) is 4.03. The lowest BCUT2D eigenvalue weighted by Crippen LogP contribution is -2.26. The van der Waals surface area contributed by atoms with E-state index >= 15 is 0 Å². The van der Waals surface area contributed by atoms with Crippen molar-refractivity contribution in [1.82, 2.24) is 0 Å². The maximum Gasteiger partial charge on any atom is 0.417 e. The van der Waals surface area contributed by atoms with E-state index in [1.165, 1.54) is 6.92 Å². The van der Waals surface area contributed by atoms with E-state index < -0.39 is 71.1 Å². The second-order valence-electron chi connectivity index (χ2n) is 6.37. The van der Waals surface area contributed by atoms with Crippen molar-refractivity contribution in [1.29, 1.82) is 0 Å². The molecule has 0 heterocycles. The molecule has 160 valence electrons. The summed E-state index contributed by atoms with van der Waals surface area (Å²) in [6, 6.07) is -0.552. The molecule has 0 amide bonds. The number of halogens is 9. The van der Waals surface area contributed by atoms with E-state index in [1.54, 1.807) is 0 Å². The molecule has 2 unspecified atom stereocenters. The molecule has 0 spiro atoms. The van der Waals surface area contributed by atoms with Crippen molar-refractivity contribution >= 4 is 5.97 Å². The van der Waals surface area contributed by atoms with Crippen molar-refractivity contribution in [2.45, 2.75) is 38.3 Å². The zero-order chi connectivity index (χ0) is 22.1. The first-order valence-corrected chi connectivity index (χ1v) is 7.79. The number of carboxylic acids is 1. The standard InChI is InChI=1S/C16H16F9NO2/c1-7(3-9(6-26)13(27)28)2-8-4-10(14(17,18)19)5-11(15(20,21)22)12(8)16(23,24)25/h4-5,7,9H,2-3,6,26H2,1H3,(H,27,28). The summed E-state index contributed by atoms with van der Waals surface area (Å²) in [5.74, 6) is -3.54. The first-order chi connectivity index (χ1) is 12.5. The largest absolute Gasteiger partial charge is 0.481 e. The van der Waals surface area contributed by atoms with Crippen LogP contribution in [0.15, 0.2) is 12.1 Å². The van der Waals surface area contributed by atoms with Crippen LogP contribution in [-0.4, -0.2) is 17.6 Å². The van der Waals surface area contributed by atoms with Gasteiger partial charge in [0.25, 0.3) is 0 Å². The summed E-state index contributed by atoms with van der Waals surface area (Å²) >= 11 is 0. The summed E-state index contributed by atoms with van der Waals surface area (Å²) in [4.78, 5) is 11.0. The molecule has 0 aliphatic carbocycles. The minimum Gasteiger partial charge on any atom is -0.481 e. The van der Waals surface area contributed by atoms with Crippen LogP contribution in [0.3, 0.4) is 0 Å². The number of nitrogens with two attached hydrogens (primary N) is 1. The number of hydrogen-bond acceptors (Lipinski definition) is 2. The van der Waals surface area contributed by atoms with Gasteiger partial charge >= 0.3 is 24.5 Å². The topological polar surface area (TPSA) is 63.3 Å². The van der Waals surface area contributed by atoms with Crippen LogP contribution in [-0.2, 0) is 29.7 Å². The smallest absolute Gasteiger partial charge is 0.417 e. The predicted octanol–water partition coefficient (Wildman–Crippen LogP) is 4.97. The summed E-state index contributed by atoms with van der Waals surface area (Å²) in [5, 5.41) is 8.92. The molecule has 0 bridgehead atoms. The Morgan fingerprint density at radius 3 is 1.89 bits per heavy atom. The Labute approximate surface area is 153 Å². The maximum absolute atomic E-state index is 13.3. The summed E-state index contributed by atoms with van der Waals surface area (Å²) < 4.78 is 118. The number of aliphatic carboxylic acids is 1. The number of rotatable bonds is 6. The molecule has 2 atom stereocenters. The van der Waals surface area contributed by atoms with Crippen LogP contribution in [0.4, 0.5) is 39.5 Å². The van der Waals surface area contributed by atoms with Gasteiger partial charge in [0.15, 0.2) is 0 Å². The first kappa shape index (κ1) is 24.1. The summed E-state index contributed by atoms with van der Waals surface area (Å²) in [6.07, 6.45) is -17.7. The number of carbonyl (C=O) groups is 1. The Hall–Kier alpha value is -1.98. The van der Waals surface area contributed by atoms with E-state index in [0.717, 1.165) is 0 Å². The van der Waals surface area contributed by atoms with Gasteiger partial charge in [0.1, 0.15) is 0 Å². The minimum absolute atomic E-state index is 0.0206. The molecular formula is C16H16F9NO2. The number of hydrogen-bond donors (Lipinski definition) is 2. The molecule has 0 aliphatic heterocycles. The molecular weight excluding hydrogens is 409 g/mol. The molecule has 28 heavy (non-hydrogen) atoms. The van der Waals surface area contributed by atoms with Gasteiger partial charge in [-0.25, -0.2) is 0 Å². The second kappa shape index (κ2) is 8.18. The van der Waals surface area contributed by atoms with Gasteiger partial charge in [-0.1, -0.05) is 6.92 Å². The number of carboxylic acid groups (broad SMARTS) is 1. The molecule has 12 heteroatoms. The average molecular weight is 425 g/mol. The fourth-order valence-electron chi connectivity index (χ4n) is 2.83. The quantitative estimate of drug-likeness (QED) is 0.633. The van der Waals surface area contributed by atoms with Gasteiger partial charge in [0.2, 0.25) is 0 Å². The van der Waals surface area contributed by atoms with E-state index in [2.05, 4.69) is 0 Å². The van der Waals surface area contributed by atoms with Gasteiger partial charge in [-0.3, -0.25) is 4.79 Å². The number of alkyl halides is 9. The Balaban J connectivity index is 3.55. The van der Waals surface area contributed by atoms with Crippen LogP contribution < -0.4 is 5.73 Å². The highest BCUT2D eigenvalue weighted by Gasteiger charge is 2.47. The van der Waals surface area contributed by atoms with Gasteiger partial charge in [-0.2, -0.15) is 39.5 Å². The molecule has 3 nitrogen and oxygen atoms in total. The molecule has 0 radical (unpaired) electrons. The molecule has 0 fully saturated rings. The normalized spacial score (nSPS) is 15.4. The highest BCUT2D eigenvalue weighted by atomic mass is 19.4. The SMILES string of the molecule is CC(Cc1cc(C(F)(F)F)cc(C(F)(F)F)c1C(F)(F)F)CC(CN)C(=O)O. The Kier molecular flexibility index (Phi) is 7.02. The highest BCUT2D eigenvalue weighted by molar-refractivity contribution is 5.70. The molecule has 1 rings (SSSR count). The van der Waals surface area contributed by atoms with Crippen LogP contribution in [0.2, 0.25) is 0 Å². The van der Waals surface area contributed by atoms with Gasteiger partial charge in [0, 0.05) is 6.54 Å². The maximum atomic E-state index is 13.3. The molecule has 0 aliphatic rings. The van der Waals surface area contributed by atoms with Crippen molar-refractivity contribution in [3.8, 4) is 0 Å². The van der Waals surface area contributed by atoms with E-state index in [9.17, 15) is 44.3 Å². The van der Waals surface area contributed by atoms with Crippen LogP contribution in [0.25, 0.3) is 0 Å². The van der Waals surface area contributed by atoms with E-state index in [0.29, 0.717) is 0 Å². The number of benzene rings is 1. The molecule has 0 saturated carbocycles.